The summed E-state index contributed by atoms with van der Waals surface area (Å²) in [7, 11) is 0. The highest BCUT2D eigenvalue weighted by atomic mass is 35.5. The topological polar surface area (TPSA) is 59.9 Å². The lowest BCUT2D eigenvalue weighted by Gasteiger charge is -2.15. The molecule has 0 aromatic carbocycles. The Morgan fingerprint density at radius 1 is 1.22 bits per heavy atom. The third-order valence-electron chi connectivity index (χ3n) is 2.23. The van der Waals surface area contributed by atoms with E-state index in [4.69, 9.17) is 16.3 Å². The van der Waals surface area contributed by atoms with E-state index in [1.807, 2.05) is 6.92 Å². The monoisotopic (exact) mass is 272 g/mol. The average molecular weight is 273 g/mol. The van der Waals surface area contributed by atoms with Crippen molar-refractivity contribution < 1.29 is 4.74 Å². The Balaban J connectivity index is 2.67. The van der Waals surface area contributed by atoms with Crippen LogP contribution in [0.5, 0.6) is 6.01 Å². The van der Waals surface area contributed by atoms with E-state index in [-0.39, 0.29) is 17.4 Å². The standard InChI is InChI=1S/C12H21ClN4O/c1-5-6-14-11-15-10(13)16-12(17-11)18-9(4)7-8(2)3/h8-9H,5-7H2,1-4H3,(H,14,15,16,17). The molecule has 1 N–H and O–H groups in total. The fourth-order valence-electron chi connectivity index (χ4n) is 1.59. The summed E-state index contributed by atoms with van der Waals surface area (Å²) in [5, 5.41) is 3.21. The fourth-order valence-corrected chi connectivity index (χ4v) is 1.74. The van der Waals surface area contributed by atoms with E-state index in [1.54, 1.807) is 0 Å². The van der Waals surface area contributed by atoms with Crippen molar-refractivity contribution in [2.45, 2.75) is 46.6 Å². The van der Waals surface area contributed by atoms with E-state index < -0.39 is 0 Å². The van der Waals surface area contributed by atoms with Crippen LogP contribution in [0, 0.1) is 5.92 Å². The molecule has 0 saturated heterocycles. The summed E-state index contributed by atoms with van der Waals surface area (Å²) < 4.78 is 5.64. The molecular weight excluding hydrogens is 252 g/mol. The predicted molar refractivity (Wildman–Crippen MR) is 73.2 cm³/mol. The van der Waals surface area contributed by atoms with E-state index in [2.05, 4.69) is 41.0 Å². The second kappa shape index (κ2) is 7.36. The van der Waals surface area contributed by atoms with Gasteiger partial charge in [0, 0.05) is 6.54 Å². The quantitative estimate of drug-likeness (QED) is 0.826. The highest BCUT2D eigenvalue weighted by Crippen LogP contribution is 2.15. The SMILES string of the molecule is CCCNc1nc(Cl)nc(OC(C)CC(C)C)n1. The van der Waals surface area contributed by atoms with Crippen molar-refractivity contribution in [3.05, 3.63) is 5.28 Å². The average Bonchev–Trinajstić information content (AvgIpc) is 2.24. The minimum Gasteiger partial charge on any atom is -0.460 e. The fraction of sp³-hybridized carbons (Fsp3) is 0.750. The molecule has 1 atom stereocenters. The van der Waals surface area contributed by atoms with Crippen molar-refractivity contribution in [3.63, 3.8) is 0 Å². The molecule has 0 amide bonds. The number of nitrogens with one attached hydrogen (secondary N) is 1. The van der Waals surface area contributed by atoms with Crippen molar-refractivity contribution in [2.24, 2.45) is 5.92 Å². The van der Waals surface area contributed by atoms with Gasteiger partial charge < -0.3 is 10.1 Å². The Morgan fingerprint density at radius 3 is 2.56 bits per heavy atom. The molecule has 6 heteroatoms. The van der Waals surface area contributed by atoms with Crippen LogP contribution in [0.1, 0.15) is 40.5 Å². The van der Waals surface area contributed by atoms with E-state index in [9.17, 15) is 0 Å². The number of anilines is 1. The number of hydrogen-bond acceptors (Lipinski definition) is 5. The third-order valence-corrected chi connectivity index (χ3v) is 2.40. The molecule has 0 bridgehead atoms. The molecular formula is C12H21ClN4O. The third kappa shape index (κ3) is 5.49. The summed E-state index contributed by atoms with van der Waals surface area (Å²) in [6.07, 6.45) is 1.99. The second-order valence-electron chi connectivity index (χ2n) is 4.70. The van der Waals surface area contributed by atoms with Crippen molar-refractivity contribution in [2.75, 3.05) is 11.9 Å². The Bertz CT molecular complexity index is 373. The van der Waals surface area contributed by atoms with Gasteiger partial charge in [0.25, 0.3) is 0 Å². The minimum absolute atomic E-state index is 0.0579. The maximum Gasteiger partial charge on any atom is 0.322 e. The first kappa shape index (κ1) is 15.0. The van der Waals surface area contributed by atoms with E-state index in [1.165, 1.54) is 0 Å². The maximum atomic E-state index is 5.84. The zero-order valence-corrected chi connectivity index (χ0v) is 12.2. The smallest absolute Gasteiger partial charge is 0.322 e. The van der Waals surface area contributed by atoms with Crippen molar-refractivity contribution in [1.82, 2.24) is 15.0 Å². The Kier molecular flexibility index (Phi) is 6.12. The minimum atomic E-state index is 0.0579. The van der Waals surface area contributed by atoms with Crippen molar-refractivity contribution >= 4 is 17.5 Å². The molecule has 0 aliphatic carbocycles. The molecule has 18 heavy (non-hydrogen) atoms. The molecule has 0 aliphatic heterocycles. The van der Waals surface area contributed by atoms with Crippen molar-refractivity contribution in [1.29, 1.82) is 0 Å². The Hall–Kier alpha value is -1.10. The lowest BCUT2D eigenvalue weighted by atomic mass is 10.1. The van der Waals surface area contributed by atoms with Crippen LogP contribution in [0.2, 0.25) is 5.28 Å². The summed E-state index contributed by atoms with van der Waals surface area (Å²) in [5.41, 5.74) is 0. The van der Waals surface area contributed by atoms with Gasteiger partial charge in [-0.25, -0.2) is 0 Å². The van der Waals surface area contributed by atoms with Gasteiger partial charge in [-0.1, -0.05) is 20.8 Å². The molecule has 1 aromatic rings. The Labute approximate surface area is 113 Å². The molecule has 0 saturated carbocycles. The second-order valence-corrected chi connectivity index (χ2v) is 5.03. The van der Waals surface area contributed by atoms with Crippen LogP contribution in [0.3, 0.4) is 0 Å². The number of rotatable bonds is 7. The molecule has 1 unspecified atom stereocenters. The van der Waals surface area contributed by atoms with Gasteiger partial charge in [-0.2, -0.15) is 15.0 Å². The molecule has 1 aromatic heterocycles. The first-order valence-electron chi connectivity index (χ1n) is 6.33. The van der Waals surface area contributed by atoms with E-state index >= 15 is 0 Å². The van der Waals surface area contributed by atoms with Crippen LogP contribution in [0.15, 0.2) is 0 Å². The molecule has 0 radical (unpaired) electrons. The summed E-state index contributed by atoms with van der Waals surface area (Å²) in [5.74, 6) is 1.03. The van der Waals surface area contributed by atoms with Crippen LogP contribution in [-0.2, 0) is 0 Å². The van der Waals surface area contributed by atoms with Crippen LogP contribution < -0.4 is 10.1 Å². The first-order chi connectivity index (χ1) is 8.51. The van der Waals surface area contributed by atoms with E-state index in [0.29, 0.717) is 11.9 Å². The zero-order chi connectivity index (χ0) is 13.5. The molecule has 0 aliphatic rings. The van der Waals surface area contributed by atoms with E-state index in [0.717, 1.165) is 19.4 Å². The van der Waals surface area contributed by atoms with Gasteiger partial charge in [0.15, 0.2) is 0 Å². The van der Waals surface area contributed by atoms with Gasteiger partial charge in [-0.05, 0) is 37.3 Å². The normalized spacial score (nSPS) is 12.6. The van der Waals surface area contributed by atoms with Gasteiger partial charge in [0.1, 0.15) is 0 Å². The zero-order valence-electron chi connectivity index (χ0n) is 11.4. The lowest BCUT2D eigenvalue weighted by molar-refractivity contribution is 0.177. The molecule has 0 fully saturated rings. The van der Waals surface area contributed by atoms with Gasteiger partial charge in [-0.3, -0.25) is 0 Å². The van der Waals surface area contributed by atoms with Gasteiger partial charge >= 0.3 is 6.01 Å². The maximum absolute atomic E-state index is 5.84. The first-order valence-corrected chi connectivity index (χ1v) is 6.71. The highest BCUT2D eigenvalue weighted by molar-refractivity contribution is 6.28. The molecule has 0 spiro atoms. The van der Waals surface area contributed by atoms with Gasteiger partial charge in [0.05, 0.1) is 6.10 Å². The van der Waals surface area contributed by atoms with Crippen LogP contribution >= 0.6 is 11.6 Å². The summed E-state index contributed by atoms with van der Waals surface area (Å²) in [6, 6.07) is 0.279. The van der Waals surface area contributed by atoms with Crippen LogP contribution in [-0.4, -0.2) is 27.6 Å². The van der Waals surface area contributed by atoms with Crippen LogP contribution in [0.25, 0.3) is 0 Å². The summed E-state index contributed by atoms with van der Waals surface area (Å²) in [6.45, 7) is 9.15. The largest absolute Gasteiger partial charge is 0.460 e. The summed E-state index contributed by atoms with van der Waals surface area (Å²) in [4.78, 5) is 12.1. The van der Waals surface area contributed by atoms with Crippen LogP contribution in [0.4, 0.5) is 5.95 Å². The van der Waals surface area contributed by atoms with Gasteiger partial charge in [0.2, 0.25) is 11.2 Å². The number of aromatic nitrogens is 3. The number of ether oxygens (including phenoxy) is 1. The van der Waals surface area contributed by atoms with Gasteiger partial charge in [-0.15, -0.1) is 0 Å². The summed E-state index contributed by atoms with van der Waals surface area (Å²) >= 11 is 5.84. The number of nitrogens with zero attached hydrogens (tertiary/aromatic N) is 3. The molecule has 1 heterocycles. The predicted octanol–water partition coefficient (Wildman–Crippen LogP) is 3.16. The highest BCUT2D eigenvalue weighted by Gasteiger charge is 2.11. The number of halogens is 1. The Morgan fingerprint density at radius 2 is 1.94 bits per heavy atom. The lowest BCUT2D eigenvalue weighted by Crippen LogP contribution is -2.17. The number of hydrogen-bond donors (Lipinski definition) is 1. The molecule has 102 valence electrons. The van der Waals surface area contributed by atoms with Crippen molar-refractivity contribution in [3.8, 4) is 6.01 Å². The molecule has 5 nitrogen and oxygen atoms in total. The molecule has 1 rings (SSSR count).